The molecular formula is C25H54S. The van der Waals surface area contributed by atoms with Crippen LogP contribution in [-0.4, -0.2) is 23.5 Å². The van der Waals surface area contributed by atoms with Gasteiger partial charge >= 0.3 is 0 Å². The molecule has 0 aliphatic heterocycles. The molecule has 0 aliphatic rings. The molecule has 0 unspecified atom stereocenters. The summed E-state index contributed by atoms with van der Waals surface area (Å²) in [4.78, 5) is 0. The van der Waals surface area contributed by atoms with E-state index in [0.717, 1.165) is 0 Å². The van der Waals surface area contributed by atoms with Crippen LogP contribution in [0.5, 0.6) is 0 Å². The maximum atomic E-state index is 2.71. The highest BCUT2D eigenvalue weighted by Crippen LogP contribution is 2.47. The van der Waals surface area contributed by atoms with Crippen LogP contribution < -0.4 is 0 Å². The Balaban J connectivity index is 4.02. The van der Waals surface area contributed by atoms with Gasteiger partial charge in [-0.05, 0) is 42.8 Å². The number of hydrogen-bond acceptors (Lipinski definition) is 0. The number of rotatable bonds is 21. The molecule has 160 valence electrons. The molecule has 0 nitrogen and oxygen atoms in total. The van der Waals surface area contributed by atoms with Crippen molar-refractivity contribution in [2.24, 2.45) is 0 Å². The first-order valence-corrected chi connectivity index (χ1v) is 14.9. The van der Waals surface area contributed by atoms with E-state index >= 15 is 0 Å². The van der Waals surface area contributed by atoms with E-state index in [1.807, 2.05) is 0 Å². The van der Waals surface area contributed by atoms with Gasteiger partial charge in [-0.15, -0.1) is 0 Å². The Labute approximate surface area is 170 Å². The van der Waals surface area contributed by atoms with E-state index < -0.39 is 0 Å². The Morgan fingerprint density at radius 2 is 0.577 bits per heavy atom. The molecule has 26 heavy (non-hydrogen) atoms. The monoisotopic (exact) mass is 386 g/mol. The molecule has 0 aromatic carbocycles. The Morgan fingerprint density at radius 3 is 0.846 bits per heavy atom. The van der Waals surface area contributed by atoms with Crippen molar-refractivity contribution in [2.75, 3.05) is 23.5 Å². The lowest BCUT2D eigenvalue weighted by Crippen LogP contribution is -2.13. The quantitative estimate of drug-likeness (QED) is 0.172. The fourth-order valence-corrected chi connectivity index (χ4v) is 7.31. The molecule has 0 saturated heterocycles. The molecule has 0 heterocycles. The van der Waals surface area contributed by atoms with Crippen LogP contribution in [0.3, 0.4) is 0 Å². The van der Waals surface area contributed by atoms with Crippen molar-refractivity contribution in [3.63, 3.8) is 0 Å². The molecule has 0 radical (unpaired) electrons. The lowest BCUT2D eigenvalue weighted by Gasteiger charge is -2.37. The maximum Gasteiger partial charge on any atom is -0.0230 e. The van der Waals surface area contributed by atoms with Crippen molar-refractivity contribution in [2.45, 2.75) is 136 Å². The zero-order valence-corrected chi connectivity index (χ0v) is 20.1. The second-order valence-electron chi connectivity index (χ2n) is 8.89. The lowest BCUT2D eigenvalue weighted by atomic mass is 10.1. The first-order chi connectivity index (χ1) is 12.7. The van der Waals surface area contributed by atoms with E-state index in [1.165, 1.54) is 116 Å². The molecule has 0 rings (SSSR count). The lowest BCUT2D eigenvalue weighted by molar-refractivity contribution is 0.618. The highest BCUT2D eigenvalue weighted by molar-refractivity contribution is 8.33. The second kappa shape index (κ2) is 20.1. The molecule has 0 aromatic rings. The van der Waals surface area contributed by atoms with E-state index in [1.54, 1.807) is 17.3 Å². The van der Waals surface area contributed by atoms with Gasteiger partial charge in [-0.25, -0.2) is 10.0 Å². The SMILES string of the molecule is CCCCCCCCS(C)(CCCCCCCC)CCCCCCCC. The summed E-state index contributed by atoms with van der Waals surface area (Å²) >= 11 is 0. The molecule has 0 saturated carbocycles. The van der Waals surface area contributed by atoms with Crippen LogP contribution in [0.2, 0.25) is 0 Å². The summed E-state index contributed by atoms with van der Waals surface area (Å²) in [6, 6.07) is 0. The summed E-state index contributed by atoms with van der Waals surface area (Å²) in [5.41, 5.74) is 0. The normalized spacial score (nSPS) is 12.6. The van der Waals surface area contributed by atoms with Crippen LogP contribution in [0, 0.1) is 0 Å². The summed E-state index contributed by atoms with van der Waals surface area (Å²) in [7, 11) is -0.317. The van der Waals surface area contributed by atoms with Crippen molar-refractivity contribution >= 4 is 10.0 Å². The minimum atomic E-state index is -0.317. The highest BCUT2D eigenvalue weighted by atomic mass is 32.3. The minimum Gasteiger partial charge on any atom is -0.244 e. The van der Waals surface area contributed by atoms with Crippen LogP contribution in [0.1, 0.15) is 136 Å². The minimum absolute atomic E-state index is 0.317. The van der Waals surface area contributed by atoms with Gasteiger partial charge in [0.15, 0.2) is 0 Å². The summed E-state index contributed by atoms with van der Waals surface area (Å²) in [6.07, 6.45) is 29.1. The predicted molar refractivity (Wildman–Crippen MR) is 128 cm³/mol. The van der Waals surface area contributed by atoms with Crippen LogP contribution in [0.25, 0.3) is 0 Å². The molecule has 0 amide bonds. The van der Waals surface area contributed by atoms with Gasteiger partial charge in [0.05, 0.1) is 0 Å². The molecule has 0 fully saturated rings. The number of unbranched alkanes of at least 4 members (excludes halogenated alkanes) is 15. The van der Waals surface area contributed by atoms with Crippen molar-refractivity contribution < 1.29 is 0 Å². The van der Waals surface area contributed by atoms with Crippen molar-refractivity contribution in [1.82, 2.24) is 0 Å². The molecule has 0 aliphatic carbocycles. The van der Waals surface area contributed by atoms with Gasteiger partial charge in [0, 0.05) is 0 Å². The van der Waals surface area contributed by atoms with Gasteiger partial charge in [0.25, 0.3) is 0 Å². The first-order valence-electron chi connectivity index (χ1n) is 12.4. The Morgan fingerprint density at radius 1 is 0.346 bits per heavy atom. The second-order valence-corrected chi connectivity index (χ2v) is 13.1. The largest absolute Gasteiger partial charge is 0.244 e. The molecule has 0 bridgehead atoms. The Kier molecular flexibility index (Phi) is 20.4. The molecule has 0 N–H and O–H groups in total. The van der Waals surface area contributed by atoms with Crippen LogP contribution in [0.4, 0.5) is 0 Å². The van der Waals surface area contributed by atoms with Crippen LogP contribution in [0.15, 0.2) is 0 Å². The Bertz CT molecular complexity index is 220. The van der Waals surface area contributed by atoms with Gasteiger partial charge in [-0.3, -0.25) is 0 Å². The van der Waals surface area contributed by atoms with E-state index in [9.17, 15) is 0 Å². The third kappa shape index (κ3) is 17.7. The summed E-state index contributed by atoms with van der Waals surface area (Å²) in [5, 5.41) is 0. The van der Waals surface area contributed by atoms with Gasteiger partial charge in [0.2, 0.25) is 0 Å². The van der Waals surface area contributed by atoms with Crippen molar-refractivity contribution in [1.29, 1.82) is 0 Å². The average molecular weight is 387 g/mol. The van der Waals surface area contributed by atoms with Crippen LogP contribution in [-0.2, 0) is 0 Å². The fraction of sp³-hybridized carbons (Fsp3) is 1.00. The molecule has 0 aromatic heterocycles. The number of hydrogen-bond donors (Lipinski definition) is 0. The zero-order valence-electron chi connectivity index (χ0n) is 19.3. The smallest absolute Gasteiger partial charge is 0.0230 e. The fourth-order valence-electron chi connectivity index (χ4n) is 4.00. The van der Waals surface area contributed by atoms with E-state index in [4.69, 9.17) is 0 Å². The molecule has 0 atom stereocenters. The van der Waals surface area contributed by atoms with Gasteiger partial charge in [-0.1, -0.05) is 117 Å². The third-order valence-electron chi connectivity index (χ3n) is 5.97. The summed E-state index contributed by atoms with van der Waals surface area (Å²) < 4.78 is 0. The molecule has 1 heteroatoms. The van der Waals surface area contributed by atoms with E-state index in [-0.39, 0.29) is 10.0 Å². The average Bonchev–Trinajstić information content (AvgIpc) is 2.64. The Hall–Kier alpha value is 0.350. The first kappa shape index (κ1) is 26.4. The highest BCUT2D eigenvalue weighted by Gasteiger charge is 2.17. The van der Waals surface area contributed by atoms with Gasteiger partial charge in [-0.2, -0.15) is 0 Å². The van der Waals surface area contributed by atoms with Gasteiger partial charge in [0.1, 0.15) is 0 Å². The van der Waals surface area contributed by atoms with E-state index in [0.29, 0.717) is 0 Å². The predicted octanol–water partition coefficient (Wildman–Crippen LogP) is 9.50. The summed E-state index contributed by atoms with van der Waals surface area (Å²) in [5.74, 6) is 4.72. The van der Waals surface area contributed by atoms with Crippen molar-refractivity contribution in [3.05, 3.63) is 0 Å². The van der Waals surface area contributed by atoms with Crippen LogP contribution >= 0.6 is 10.0 Å². The van der Waals surface area contributed by atoms with Gasteiger partial charge < -0.3 is 0 Å². The third-order valence-corrected chi connectivity index (χ3v) is 9.79. The standard InChI is InChI=1S/C25H54S/c1-5-8-11-14-17-20-23-26(4,24-21-18-15-12-9-6-2)25-22-19-16-13-10-7-3/h5-25H2,1-4H3. The molecule has 0 spiro atoms. The summed E-state index contributed by atoms with van der Waals surface area (Å²) in [6.45, 7) is 6.96. The van der Waals surface area contributed by atoms with E-state index in [2.05, 4.69) is 27.0 Å². The maximum absolute atomic E-state index is 2.71. The zero-order chi connectivity index (χ0) is 19.3. The molecular weight excluding hydrogens is 332 g/mol. The topological polar surface area (TPSA) is 0 Å². The van der Waals surface area contributed by atoms with Crippen molar-refractivity contribution in [3.8, 4) is 0 Å².